The van der Waals surface area contributed by atoms with E-state index in [0.717, 1.165) is 43.6 Å². The quantitative estimate of drug-likeness (QED) is 0.214. The normalized spacial score (nSPS) is 36.2. The molecule has 176 valence electrons. The highest BCUT2D eigenvalue weighted by molar-refractivity contribution is 5.85. The van der Waals surface area contributed by atoms with Crippen LogP contribution in [0.4, 0.5) is 0 Å². The Morgan fingerprint density at radius 2 is 2.06 bits per heavy atom. The van der Waals surface area contributed by atoms with Crippen molar-refractivity contribution < 1.29 is 19.0 Å². The SMILES string of the molecule is C=C[C@@]1(OC)CC[C@]2(C)[C@H]3Cc4ccc(OC(=O)/C=C/C=C(C)C)c5c4[C@@]2(CCN3C)[C@H]1O5. The van der Waals surface area contributed by atoms with Gasteiger partial charge in [-0.15, -0.1) is 6.58 Å². The summed E-state index contributed by atoms with van der Waals surface area (Å²) >= 11 is 0. The van der Waals surface area contributed by atoms with E-state index in [1.54, 1.807) is 13.2 Å². The van der Waals surface area contributed by atoms with E-state index >= 15 is 0 Å². The first-order valence-corrected chi connectivity index (χ1v) is 12.0. The number of hydrogen-bond acceptors (Lipinski definition) is 5. The van der Waals surface area contributed by atoms with Crippen molar-refractivity contribution in [3.8, 4) is 11.5 Å². The van der Waals surface area contributed by atoms with Gasteiger partial charge in [-0.05, 0) is 70.2 Å². The Bertz CT molecular complexity index is 1070. The molecule has 1 spiro atoms. The third kappa shape index (κ3) is 2.88. The van der Waals surface area contributed by atoms with Gasteiger partial charge in [-0.2, -0.15) is 0 Å². The molecule has 2 bridgehead atoms. The highest BCUT2D eigenvalue weighted by atomic mass is 16.6. The summed E-state index contributed by atoms with van der Waals surface area (Å²) in [6.45, 7) is 11.6. The highest BCUT2D eigenvalue weighted by Gasteiger charge is 2.73. The summed E-state index contributed by atoms with van der Waals surface area (Å²) in [6, 6.07) is 4.48. The van der Waals surface area contributed by atoms with E-state index in [9.17, 15) is 4.79 Å². The van der Waals surface area contributed by atoms with Gasteiger partial charge < -0.3 is 19.1 Å². The molecule has 1 saturated carbocycles. The average Bonchev–Trinajstić information content (AvgIpc) is 3.14. The van der Waals surface area contributed by atoms with Gasteiger partial charge in [0.2, 0.25) is 0 Å². The maximum atomic E-state index is 12.6. The highest BCUT2D eigenvalue weighted by Crippen LogP contribution is 2.70. The Balaban J connectivity index is 1.65. The summed E-state index contributed by atoms with van der Waals surface area (Å²) in [4.78, 5) is 15.1. The molecular formula is C28H35NO4. The lowest BCUT2D eigenvalue weighted by atomic mass is 9.42. The lowest BCUT2D eigenvalue weighted by Gasteiger charge is -2.66. The van der Waals surface area contributed by atoms with Crippen LogP contribution in [-0.2, 0) is 21.4 Å². The largest absolute Gasteiger partial charge is 0.482 e. The molecule has 5 nitrogen and oxygen atoms in total. The third-order valence-electron chi connectivity index (χ3n) is 8.97. The number of likely N-dealkylation sites (tertiary alicyclic amines) is 1. The monoisotopic (exact) mass is 449 g/mol. The zero-order chi connectivity index (χ0) is 23.6. The lowest BCUT2D eigenvalue weighted by molar-refractivity contribution is -0.184. The number of carbonyl (C=O) groups is 1. The predicted molar refractivity (Wildman–Crippen MR) is 129 cm³/mol. The van der Waals surface area contributed by atoms with Crippen LogP contribution in [0.3, 0.4) is 0 Å². The molecule has 0 unspecified atom stereocenters. The molecule has 4 aliphatic rings. The summed E-state index contributed by atoms with van der Waals surface area (Å²) < 4.78 is 18.8. The van der Waals surface area contributed by atoms with Gasteiger partial charge in [0.1, 0.15) is 11.7 Å². The summed E-state index contributed by atoms with van der Waals surface area (Å²) in [5.41, 5.74) is 2.93. The molecule has 2 aliphatic heterocycles. The first-order valence-electron chi connectivity index (χ1n) is 12.0. The molecule has 5 heteroatoms. The molecule has 2 fully saturated rings. The Kier molecular flexibility index (Phi) is 5.15. The van der Waals surface area contributed by atoms with E-state index in [1.165, 1.54) is 17.2 Å². The van der Waals surface area contributed by atoms with Gasteiger partial charge in [0.05, 0.1) is 0 Å². The van der Waals surface area contributed by atoms with E-state index in [1.807, 2.05) is 32.1 Å². The number of methoxy groups -OCH3 is 1. The van der Waals surface area contributed by atoms with E-state index < -0.39 is 11.6 Å². The maximum absolute atomic E-state index is 12.6. The van der Waals surface area contributed by atoms with Crippen molar-refractivity contribution >= 4 is 5.97 Å². The van der Waals surface area contributed by atoms with Crippen LogP contribution in [0.5, 0.6) is 11.5 Å². The van der Waals surface area contributed by atoms with Crippen LogP contribution in [0.2, 0.25) is 0 Å². The molecule has 1 saturated heterocycles. The van der Waals surface area contributed by atoms with Crippen molar-refractivity contribution in [3.63, 3.8) is 0 Å². The van der Waals surface area contributed by atoms with Crippen molar-refractivity contribution in [3.05, 3.63) is 59.7 Å². The average molecular weight is 450 g/mol. The Hall–Kier alpha value is -2.37. The summed E-state index contributed by atoms with van der Waals surface area (Å²) in [5, 5.41) is 0. The van der Waals surface area contributed by atoms with Gasteiger partial charge in [0, 0.05) is 30.2 Å². The van der Waals surface area contributed by atoms with Gasteiger partial charge in [-0.3, -0.25) is 0 Å². The topological polar surface area (TPSA) is 48.0 Å². The van der Waals surface area contributed by atoms with E-state index in [2.05, 4.69) is 31.5 Å². The Morgan fingerprint density at radius 3 is 2.76 bits per heavy atom. The molecule has 5 atom stereocenters. The number of rotatable bonds is 5. The molecule has 2 aliphatic carbocycles. The number of piperidine rings is 1. The number of esters is 1. The number of nitrogens with zero attached hydrogens (tertiary/aromatic N) is 1. The van der Waals surface area contributed by atoms with Crippen LogP contribution in [-0.4, -0.2) is 49.3 Å². The first kappa shape index (κ1) is 22.4. The second-order valence-electron chi connectivity index (χ2n) is 10.7. The molecule has 1 aromatic rings. The summed E-state index contributed by atoms with van der Waals surface area (Å²) in [7, 11) is 4.01. The molecule has 33 heavy (non-hydrogen) atoms. The second-order valence-corrected chi connectivity index (χ2v) is 10.7. The molecule has 0 amide bonds. The second kappa shape index (κ2) is 7.57. The number of allylic oxidation sites excluding steroid dienone is 3. The van der Waals surface area contributed by atoms with Crippen LogP contribution in [0.1, 0.15) is 51.2 Å². The molecule has 2 heterocycles. The lowest BCUT2D eigenvalue weighted by Crippen LogP contribution is -2.74. The molecular weight excluding hydrogens is 414 g/mol. The zero-order valence-electron chi connectivity index (χ0n) is 20.4. The van der Waals surface area contributed by atoms with E-state index in [0.29, 0.717) is 11.8 Å². The Morgan fingerprint density at radius 1 is 1.27 bits per heavy atom. The first-order chi connectivity index (χ1) is 15.7. The van der Waals surface area contributed by atoms with E-state index in [-0.39, 0.29) is 16.9 Å². The zero-order valence-corrected chi connectivity index (χ0v) is 20.4. The minimum Gasteiger partial charge on any atom is -0.482 e. The molecule has 1 aromatic carbocycles. The molecule has 0 N–H and O–H groups in total. The predicted octanol–water partition coefficient (Wildman–Crippen LogP) is 4.74. The van der Waals surface area contributed by atoms with Gasteiger partial charge in [-0.1, -0.05) is 36.8 Å². The van der Waals surface area contributed by atoms with Crippen molar-refractivity contribution in [2.45, 2.75) is 69.6 Å². The number of likely N-dealkylation sites (N-methyl/N-ethyl adjacent to an activating group) is 1. The van der Waals surface area contributed by atoms with Crippen molar-refractivity contribution in [2.24, 2.45) is 5.41 Å². The fourth-order valence-electron chi connectivity index (χ4n) is 7.27. The van der Waals surface area contributed by atoms with Crippen LogP contribution in [0.25, 0.3) is 0 Å². The Labute approximate surface area is 197 Å². The minimum absolute atomic E-state index is 0.0416. The standard InChI is InChI=1S/C28H35NO4/c1-7-27(31-6)14-13-26(4)21-17-19-11-12-20(32-22(30)10-8-9-18(2)3)24-23(19)28(26,25(27)33-24)15-16-29(21)5/h7-12,21,25H,1,13-17H2,2-6H3/b10-8+/t21-,25+,26-,27-,28+/m1/s1. The number of benzene rings is 1. The minimum atomic E-state index is -0.571. The van der Waals surface area contributed by atoms with Crippen LogP contribution in [0.15, 0.2) is 48.6 Å². The molecule has 5 rings (SSSR count). The van der Waals surface area contributed by atoms with Crippen molar-refractivity contribution in [1.82, 2.24) is 4.90 Å². The fraction of sp³-hybridized carbons (Fsp3) is 0.536. The van der Waals surface area contributed by atoms with Gasteiger partial charge in [0.25, 0.3) is 0 Å². The molecule has 0 aromatic heterocycles. The summed E-state index contributed by atoms with van der Waals surface area (Å²) in [5.74, 6) is 0.820. The van der Waals surface area contributed by atoms with Crippen LogP contribution in [0, 0.1) is 5.41 Å². The number of carbonyl (C=O) groups excluding carboxylic acids is 1. The fourth-order valence-corrected chi connectivity index (χ4v) is 7.27. The maximum Gasteiger partial charge on any atom is 0.336 e. The van der Waals surface area contributed by atoms with Crippen LogP contribution < -0.4 is 9.47 Å². The third-order valence-corrected chi connectivity index (χ3v) is 8.97. The number of hydrogen-bond donors (Lipinski definition) is 0. The summed E-state index contributed by atoms with van der Waals surface area (Å²) in [6.07, 6.45) is 10.7. The van der Waals surface area contributed by atoms with Crippen molar-refractivity contribution in [1.29, 1.82) is 0 Å². The van der Waals surface area contributed by atoms with Crippen molar-refractivity contribution in [2.75, 3.05) is 20.7 Å². The number of ether oxygens (including phenoxy) is 3. The smallest absolute Gasteiger partial charge is 0.336 e. The van der Waals surface area contributed by atoms with Gasteiger partial charge in [0.15, 0.2) is 11.5 Å². The van der Waals surface area contributed by atoms with Crippen LogP contribution >= 0.6 is 0 Å². The van der Waals surface area contributed by atoms with Gasteiger partial charge >= 0.3 is 5.97 Å². The molecule has 0 radical (unpaired) electrons. The van der Waals surface area contributed by atoms with E-state index in [4.69, 9.17) is 14.2 Å². The van der Waals surface area contributed by atoms with Gasteiger partial charge in [-0.25, -0.2) is 4.79 Å².